The summed E-state index contributed by atoms with van der Waals surface area (Å²) < 4.78 is 88.6. The van der Waals surface area contributed by atoms with E-state index in [1.54, 1.807) is 29.2 Å². The van der Waals surface area contributed by atoms with E-state index >= 15 is 0 Å². The van der Waals surface area contributed by atoms with Crippen LogP contribution >= 0.6 is 0 Å². The van der Waals surface area contributed by atoms with Gasteiger partial charge in [-0.05, 0) is 53.4 Å². The van der Waals surface area contributed by atoms with Crippen molar-refractivity contribution in [2.45, 2.75) is 30.8 Å². The molecule has 2 aliphatic rings. The predicted molar refractivity (Wildman–Crippen MR) is 136 cm³/mol. The predicted octanol–water partition coefficient (Wildman–Crippen LogP) is 6.72. The van der Waals surface area contributed by atoms with Gasteiger partial charge in [0.25, 0.3) is 0 Å². The van der Waals surface area contributed by atoms with Gasteiger partial charge in [0.2, 0.25) is 0 Å². The van der Waals surface area contributed by atoms with Crippen molar-refractivity contribution in [3.63, 3.8) is 0 Å². The molecule has 2 aliphatic heterocycles. The number of para-hydroxylation sites is 1. The quantitative estimate of drug-likeness (QED) is 0.305. The maximum Gasteiger partial charge on any atom is 0.573 e. The molecule has 0 saturated carbocycles. The summed E-state index contributed by atoms with van der Waals surface area (Å²) in [5.41, 5.74) is 2.98. The largest absolute Gasteiger partial charge is 0.573 e. The van der Waals surface area contributed by atoms with Crippen LogP contribution in [-0.2, 0) is 16.6 Å². The molecule has 0 aromatic heterocycles. The lowest BCUT2D eigenvalue weighted by Crippen LogP contribution is -2.38. The third-order valence-corrected chi connectivity index (χ3v) is 7.30. The number of alkyl halides is 6. The Morgan fingerprint density at radius 2 is 1.59 bits per heavy atom. The van der Waals surface area contributed by atoms with Crippen LogP contribution in [0.2, 0.25) is 0 Å². The van der Waals surface area contributed by atoms with Gasteiger partial charge < -0.3 is 19.3 Å². The average molecular weight is 551 g/mol. The first kappa shape index (κ1) is 27.2. The van der Waals surface area contributed by atoms with Crippen molar-refractivity contribution in [2.24, 2.45) is 0 Å². The molecule has 1 saturated heterocycles. The number of benzene rings is 3. The second kappa shape index (κ2) is 10.6. The van der Waals surface area contributed by atoms with Gasteiger partial charge in [-0.2, -0.15) is 13.2 Å². The second-order valence-electron chi connectivity index (χ2n) is 9.91. The van der Waals surface area contributed by atoms with Crippen LogP contribution < -0.4 is 14.5 Å². The van der Waals surface area contributed by atoms with Crippen molar-refractivity contribution in [2.75, 3.05) is 49.2 Å². The molecular weight excluding hydrogens is 522 g/mol. The van der Waals surface area contributed by atoms with E-state index in [-0.39, 0.29) is 18.8 Å². The van der Waals surface area contributed by atoms with Crippen LogP contribution in [0.4, 0.5) is 37.7 Å². The molecule has 0 radical (unpaired) electrons. The Morgan fingerprint density at radius 3 is 2.33 bits per heavy atom. The van der Waals surface area contributed by atoms with E-state index in [1.807, 2.05) is 30.3 Å². The molecule has 1 fully saturated rings. The number of hydrogen-bond donors (Lipinski definition) is 0. The normalized spacial score (nSPS) is 19.7. The van der Waals surface area contributed by atoms with Crippen molar-refractivity contribution >= 4 is 11.4 Å². The number of hydrogen-bond acceptors (Lipinski definition) is 4. The first-order valence-corrected chi connectivity index (χ1v) is 12.7. The molecule has 1 atom stereocenters. The van der Waals surface area contributed by atoms with Crippen LogP contribution in [-0.4, -0.2) is 51.9 Å². The Bertz CT molecular complexity index is 1290. The lowest BCUT2D eigenvalue weighted by molar-refractivity contribution is -0.274. The molecule has 1 unspecified atom stereocenters. The summed E-state index contributed by atoms with van der Waals surface area (Å²) in [7, 11) is 0. The molecule has 0 N–H and O–H groups in total. The topological polar surface area (TPSA) is 24.9 Å². The first-order chi connectivity index (χ1) is 18.5. The lowest BCUT2D eigenvalue weighted by atomic mass is 9.71. The zero-order chi connectivity index (χ0) is 27.7. The van der Waals surface area contributed by atoms with Gasteiger partial charge in [0.15, 0.2) is 0 Å². The highest BCUT2D eigenvalue weighted by molar-refractivity contribution is 5.67. The van der Waals surface area contributed by atoms with Gasteiger partial charge in [0.05, 0.1) is 19.6 Å². The van der Waals surface area contributed by atoms with E-state index in [4.69, 9.17) is 4.74 Å². The van der Waals surface area contributed by atoms with E-state index in [0.29, 0.717) is 30.9 Å². The van der Waals surface area contributed by atoms with Gasteiger partial charge in [0, 0.05) is 43.0 Å². The van der Waals surface area contributed by atoms with Crippen molar-refractivity contribution in [1.29, 1.82) is 0 Å². The van der Waals surface area contributed by atoms with E-state index in [9.17, 15) is 26.3 Å². The highest BCUT2D eigenvalue weighted by atomic mass is 19.4. The summed E-state index contributed by atoms with van der Waals surface area (Å²) in [4.78, 5) is 3.89. The van der Waals surface area contributed by atoms with Crippen LogP contribution in [0.15, 0.2) is 72.8 Å². The standard InChI is InChI=1S/C29H28F6N2O2/c30-28(31,32)11-12-37-20-27(25-9-1-2-10-26(25)37,22-6-4-8-24(18-22)39-29(33,34)35)19-21-5-3-7-23(17-21)36-13-15-38-16-14-36/h1-10,17-18H,11-16,19-20H2. The van der Waals surface area contributed by atoms with Gasteiger partial charge in [-0.25, -0.2) is 0 Å². The third kappa shape index (κ3) is 6.27. The van der Waals surface area contributed by atoms with Gasteiger partial charge in [0.1, 0.15) is 5.75 Å². The minimum atomic E-state index is -4.87. The van der Waals surface area contributed by atoms with Crippen LogP contribution in [0.1, 0.15) is 23.1 Å². The Hall–Kier alpha value is -3.40. The molecule has 3 aromatic carbocycles. The Balaban J connectivity index is 1.58. The maximum absolute atomic E-state index is 13.2. The summed E-state index contributed by atoms with van der Waals surface area (Å²) in [6.07, 6.45) is -9.83. The minimum absolute atomic E-state index is 0.180. The smallest absolute Gasteiger partial charge is 0.406 e. The van der Waals surface area contributed by atoms with Crippen LogP contribution in [0, 0.1) is 0 Å². The van der Waals surface area contributed by atoms with Crippen LogP contribution in [0.5, 0.6) is 5.75 Å². The molecule has 0 amide bonds. The molecule has 5 rings (SSSR count). The summed E-state index contributed by atoms with van der Waals surface area (Å²) in [5, 5.41) is 0. The second-order valence-corrected chi connectivity index (χ2v) is 9.91. The zero-order valence-corrected chi connectivity index (χ0v) is 21.1. The molecule has 10 heteroatoms. The molecule has 39 heavy (non-hydrogen) atoms. The first-order valence-electron chi connectivity index (χ1n) is 12.7. The van der Waals surface area contributed by atoms with E-state index < -0.39 is 24.4 Å². The average Bonchev–Trinajstić information content (AvgIpc) is 3.21. The maximum atomic E-state index is 13.2. The van der Waals surface area contributed by atoms with Gasteiger partial charge in [-0.15, -0.1) is 13.2 Å². The summed E-state index contributed by atoms with van der Waals surface area (Å²) in [5.74, 6) is -0.368. The van der Waals surface area contributed by atoms with Crippen molar-refractivity contribution in [3.8, 4) is 5.75 Å². The highest BCUT2D eigenvalue weighted by Gasteiger charge is 2.45. The Labute approximate surface area is 222 Å². The molecule has 3 aromatic rings. The zero-order valence-electron chi connectivity index (χ0n) is 21.1. The fraction of sp³-hybridized carbons (Fsp3) is 0.379. The van der Waals surface area contributed by atoms with E-state index in [1.165, 1.54) is 18.2 Å². The molecule has 0 aliphatic carbocycles. The molecule has 208 valence electrons. The molecule has 0 spiro atoms. The minimum Gasteiger partial charge on any atom is -0.406 e. The monoisotopic (exact) mass is 550 g/mol. The van der Waals surface area contributed by atoms with Crippen LogP contribution in [0.3, 0.4) is 0 Å². The third-order valence-electron chi connectivity index (χ3n) is 7.30. The van der Waals surface area contributed by atoms with Crippen molar-refractivity contribution < 1.29 is 35.8 Å². The Morgan fingerprint density at radius 1 is 0.846 bits per heavy atom. The lowest BCUT2D eigenvalue weighted by Gasteiger charge is -2.33. The molecule has 0 bridgehead atoms. The summed E-state index contributed by atoms with van der Waals surface area (Å²) >= 11 is 0. The number of nitrogens with zero attached hydrogens (tertiary/aromatic N) is 2. The highest BCUT2D eigenvalue weighted by Crippen LogP contribution is 2.48. The fourth-order valence-electron chi connectivity index (χ4n) is 5.64. The number of fused-ring (bicyclic) bond motifs is 1. The number of halogens is 6. The Kier molecular flexibility index (Phi) is 7.41. The van der Waals surface area contributed by atoms with E-state index in [2.05, 4.69) is 9.64 Å². The SMILES string of the molecule is FC(F)(F)CCN1CC(Cc2cccc(N3CCOCC3)c2)(c2cccc(OC(F)(F)F)c2)c2ccccc21. The molecule has 2 heterocycles. The van der Waals surface area contributed by atoms with Crippen molar-refractivity contribution in [1.82, 2.24) is 0 Å². The van der Waals surface area contributed by atoms with Crippen LogP contribution in [0.25, 0.3) is 0 Å². The fourth-order valence-corrected chi connectivity index (χ4v) is 5.64. The number of morpholine rings is 1. The van der Waals surface area contributed by atoms with E-state index in [0.717, 1.165) is 29.9 Å². The van der Waals surface area contributed by atoms with Gasteiger partial charge in [-0.1, -0.05) is 42.5 Å². The van der Waals surface area contributed by atoms with Gasteiger partial charge >= 0.3 is 12.5 Å². The number of anilines is 2. The number of ether oxygens (including phenoxy) is 2. The molecule has 4 nitrogen and oxygen atoms in total. The van der Waals surface area contributed by atoms with Crippen molar-refractivity contribution in [3.05, 3.63) is 89.5 Å². The summed E-state index contributed by atoms with van der Waals surface area (Å²) in [6.45, 7) is 2.62. The van der Waals surface area contributed by atoms with Gasteiger partial charge in [-0.3, -0.25) is 0 Å². The molecular formula is C29H28F6N2O2. The summed E-state index contributed by atoms with van der Waals surface area (Å²) in [6, 6.07) is 20.9. The number of rotatable bonds is 7.